The maximum Gasteiger partial charge on any atom is 0.346 e. The summed E-state index contributed by atoms with van der Waals surface area (Å²) in [6.07, 6.45) is 4.37. The minimum Gasteiger partial charge on any atom is -0.426 e. The molecule has 0 radical (unpaired) electrons. The van der Waals surface area contributed by atoms with Crippen LogP contribution in [-0.4, -0.2) is 11.0 Å². The predicted octanol–water partition coefficient (Wildman–Crippen LogP) is 2.67. The van der Waals surface area contributed by atoms with Crippen LogP contribution in [0.25, 0.3) is 10.9 Å². The van der Waals surface area contributed by atoms with Gasteiger partial charge in [-0.25, -0.2) is 9.78 Å². The molecule has 1 aromatic heterocycles. The minimum absolute atomic E-state index is 0.268. The lowest BCUT2D eigenvalue weighted by molar-refractivity contribution is -0.134. The highest BCUT2D eigenvalue weighted by molar-refractivity contribution is 5.80. The molecule has 1 aromatic carbocycles. The molecule has 100 valence electrons. The summed E-state index contributed by atoms with van der Waals surface area (Å²) in [6.45, 7) is 2.08. The molecular formula is C14H15NO4. The van der Waals surface area contributed by atoms with Gasteiger partial charge in [-0.2, -0.15) is 0 Å². The maximum absolute atomic E-state index is 11.6. The van der Waals surface area contributed by atoms with Crippen molar-refractivity contribution in [2.75, 3.05) is 0 Å². The summed E-state index contributed by atoms with van der Waals surface area (Å²) < 4.78 is 9.85. The molecule has 19 heavy (non-hydrogen) atoms. The fraction of sp³-hybridized carbons (Fsp3) is 0.357. The van der Waals surface area contributed by atoms with Gasteiger partial charge in [-0.1, -0.05) is 19.8 Å². The van der Waals surface area contributed by atoms with E-state index in [0.717, 1.165) is 25.7 Å². The Morgan fingerprint density at radius 1 is 1.37 bits per heavy atom. The van der Waals surface area contributed by atoms with Crippen molar-refractivity contribution in [3.8, 4) is 5.75 Å². The molecule has 0 amide bonds. The van der Waals surface area contributed by atoms with Crippen molar-refractivity contribution >= 4 is 16.9 Å². The Labute approximate surface area is 110 Å². The largest absolute Gasteiger partial charge is 0.426 e. The summed E-state index contributed by atoms with van der Waals surface area (Å²) >= 11 is 0. The number of hydrogen-bond donors (Lipinski definition) is 0. The van der Waals surface area contributed by atoms with Gasteiger partial charge in [0.1, 0.15) is 5.75 Å². The Kier molecular flexibility index (Phi) is 4.28. The van der Waals surface area contributed by atoms with Crippen LogP contribution in [0.3, 0.4) is 0 Å². The van der Waals surface area contributed by atoms with Crippen molar-refractivity contribution in [1.82, 2.24) is 4.98 Å². The Morgan fingerprint density at radius 2 is 2.21 bits per heavy atom. The molecule has 0 aliphatic carbocycles. The highest BCUT2D eigenvalue weighted by atomic mass is 16.5. The Hall–Kier alpha value is -2.17. The number of esters is 1. The first-order valence-corrected chi connectivity index (χ1v) is 6.29. The Balaban J connectivity index is 2.09. The van der Waals surface area contributed by atoms with Gasteiger partial charge in [0.25, 0.3) is 0 Å². The molecule has 5 nitrogen and oxygen atoms in total. The molecule has 2 rings (SSSR count). The predicted molar refractivity (Wildman–Crippen MR) is 70.1 cm³/mol. The standard InChI is InChI=1S/C14H15NO4/c1-2-3-4-5-13(16)19-10-6-7-11-12(8-10)15-9-18-14(11)17/h6-9H,2-5H2,1H3. The lowest BCUT2D eigenvalue weighted by atomic mass is 10.2. The molecular weight excluding hydrogens is 246 g/mol. The second-order valence-corrected chi connectivity index (χ2v) is 4.25. The number of unbranched alkanes of at least 4 members (excludes halogenated alkanes) is 2. The summed E-state index contributed by atoms with van der Waals surface area (Å²) in [5, 5.41) is 0.369. The van der Waals surface area contributed by atoms with Crippen LogP contribution in [0.1, 0.15) is 32.6 Å². The average molecular weight is 261 g/mol. The fourth-order valence-corrected chi connectivity index (χ4v) is 1.75. The molecule has 0 saturated carbocycles. The van der Waals surface area contributed by atoms with Crippen molar-refractivity contribution in [2.45, 2.75) is 32.6 Å². The quantitative estimate of drug-likeness (QED) is 0.470. The molecule has 0 spiro atoms. The molecule has 0 bridgehead atoms. The maximum atomic E-state index is 11.6. The zero-order valence-electron chi connectivity index (χ0n) is 10.7. The number of ether oxygens (including phenoxy) is 1. The van der Waals surface area contributed by atoms with E-state index in [2.05, 4.69) is 16.3 Å². The van der Waals surface area contributed by atoms with Crippen LogP contribution in [0.5, 0.6) is 5.75 Å². The van der Waals surface area contributed by atoms with Gasteiger partial charge in [0, 0.05) is 12.5 Å². The molecule has 1 heterocycles. The molecule has 0 fully saturated rings. The zero-order chi connectivity index (χ0) is 13.7. The molecule has 0 unspecified atom stereocenters. The number of hydrogen-bond acceptors (Lipinski definition) is 5. The third kappa shape index (κ3) is 3.40. The van der Waals surface area contributed by atoms with Crippen molar-refractivity contribution in [3.63, 3.8) is 0 Å². The van der Waals surface area contributed by atoms with E-state index in [1.165, 1.54) is 0 Å². The number of carbonyl (C=O) groups excluding carboxylic acids is 1. The molecule has 0 atom stereocenters. The normalized spacial score (nSPS) is 10.6. The average Bonchev–Trinajstić information content (AvgIpc) is 2.39. The van der Waals surface area contributed by atoms with Gasteiger partial charge in [0.2, 0.25) is 0 Å². The molecule has 5 heteroatoms. The van der Waals surface area contributed by atoms with Gasteiger partial charge in [-0.3, -0.25) is 4.79 Å². The van der Waals surface area contributed by atoms with E-state index in [9.17, 15) is 9.59 Å². The second-order valence-electron chi connectivity index (χ2n) is 4.25. The van der Waals surface area contributed by atoms with Gasteiger partial charge in [-0.15, -0.1) is 0 Å². The van der Waals surface area contributed by atoms with Crippen molar-refractivity contribution in [2.24, 2.45) is 0 Å². The van der Waals surface area contributed by atoms with Crippen LogP contribution in [0.4, 0.5) is 0 Å². The smallest absolute Gasteiger partial charge is 0.346 e. The van der Waals surface area contributed by atoms with E-state index in [1.807, 2.05) is 0 Å². The first-order chi connectivity index (χ1) is 9.20. The van der Waals surface area contributed by atoms with Crippen LogP contribution in [0.2, 0.25) is 0 Å². The molecule has 0 aliphatic heterocycles. The monoisotopic (exact) mass is 261 g/mol. The van der Waals surface area contributed by atoms with E-state index < -0.39 is 5.63 Å². The van der Waals surface area contributed by atoms with Gasteiger partial charge in [0.05, 0.1) is 10.9 Å². The van der Waals surface area contributed by atoms with Gasteiger partial charge in [0.15, 0.2) is 6.39 Å². The highest BCUT2D eigenvalue weighted by Crippen LogP contribution is 2.17. The summed E-state index contributed by atoms with van der Waals surface area (Å²) in [7, 11) is 0. The topological polar surface area (TPSA) is 69.4 Å². The minimum atomic E-state index is -0.453. The summed E-state index contributed by atoms with van der Waals surface area (Å²) in [6, 6.07) is 4.67. The molecule has 0 aliphatic rings. The van der Waals surface area contributed by atoms with E-state index in [1.54, 1.807) is 18.2 Å². The third-order valence-corrected chi connectivity index (χ3v) is 2.76. The van der Waals surface area contributed by atoms with Crippen LogP contribution in [0.15, 0.2) is 33.8 Å². The number of fused-ring (bicyclic) bond motifs is 1. The van der Waals surface area contributed by atoms with Gasteiger partial charge in [-0.05, 0) is 18.6 Å². The van der Waals surface area contributed by atoms with E-state index in [4.69, 9.17) is 4.74 Å². The van der Waals surface area contributed by atoms with Crippen LogP contribution >= 0.6 is 0 Å². The first kappa shape index (κ1) is 13.3. The summed E-state index contributed by atoms with van der Waals surface area (Å²) in [5.41, 5.74) is 0.000862. The van der Waals surface area contributed by atoms with Crippen molar-refractivity contribution in [3.05, 3.63) is 35.0 Å². The lowest BCUT2D eigenvalue weighted by Gasteiger charge is -2.04. The van der Waals surface area contributed by atoms with Crippen LogP contribution in [-0.2, 0) is 4.79 Å². The van der Waals surface area contributed by atoms with Crippen molar-refractivity contribution < 1.29 is 13.9 Å². The molecule has 0 saturated heterocycles. The fourth-order valence-electron chi connectivity index (χ4n) is 1.75. The number of nitrogens with zero attached hydrogens (tertiary/aromatic N) is 1. The lowest BCUT2D eigenvalue weighted by Crippen LogP contribution is -2.08. The van der Waals surface area contributed by atoms with Crippen LogP contribution < -0.4 is 10.4 Å². The number of benzene rings is 1. The zero-order valence-corrected chi connectivity index (χ0v) is 10.7. The number of rotatable bonds is 5. The van der Waals surface area contributed by atoms with Crippen molar-refractivity contribution in [1.29, 1.82) is 0 Å². The number of aromatic nitrogens is 1. The Bertz CT molecular complexity index is 633. The number of carbonyl (C=O) groups is 1. The third-order valence-electron chi connectivity index (χ3n) is 2.76. The van der Waals surface area contributed by atoms with Gasteiger partial charge < -0.3 is 9.15 Å². The van der Waals surface area contributed by atoms with E-state index >= 15 is 0 Å². The summed E-state index contributed by atoms with van der Waals surface area (Å²) in [5.74, 6) is 0.128. The van der Waals surface area contributed by atoms with E-state index in [-0.39, 0.29) is 5.97 Å². The SMILES string of the molecule is CCCCCC(=O)Oc1ccc2c(=O)ocnc2c1. The molecule has 0 N–H and O–H groups in total. The Morgan fingerprint density at radius 3 is 3.00 bits per heavy atom. The second kappa shape index (κ2) is 6.13. The highest BCUT2D eigenvalue weighted by Gasteiger charge is 2.07. The molecule has 2 aromatic rings. The first-order valence-electron chi connectivity index (χ1n) is 6.29. The van der Waals surface area contributed by atoms with Gasteiger partial charge >= 0.3 is 11.6 Å². The van der Waals surface area contributed by atoms with Crippen LogP contribution in [0, 0.1) is 0 Å². The van der Waals surface area contributed by atoms with E-state index in [0.29, 0.717) is 23.1 Å². The summed E-state index contributed by atoms with van der Waals surface area (Å²) in [4.78, 5) is 26.9.